The predicted octanol–water partition coefficient (Wildman–Crippen LogP) is 5.20. The van der Waals surface area contributed by atoms with Crippen LogP contribution in [0.3, 0.4) is 0 Å². The number of nitrogens with zero attached hydrogens (tertiary/aromatic N) is 3. The van der Waals surface area contributed by atoms with Crippen molar-refractivity contribution < 1.29 is 17.9 Å². The number of imidazole rings is 1. The first-order chi connectivity index (χ1) is 18.3. The van der Waals surface area contributed by atoms with E-state index in [-0.39, 0.29) is 16.3 Å². The summed E-state index contributed by atoms with van der Waals surface area (Å²) in [6, 6.07) is 11.8. The molecule has 1 aliphatic rings. The largest absolute Gasteiger partial charge is 0.495 e. The van der Waals surface area contributed by atoms with Crippen LogP contribution >= 0.6 is 15.9 Å². The lowest BCUT2D eigenvalue weighted by Gasteiger charge is -2.26. The Hall–Kier alpha value is -2.89. The lowest BCUT2D eigenvalue weighted by Crippen LogP contribution is -2.32. The van der Waals surface area contributed by atoms with Crippen molar-refractivity contribution in [2.75, 3.05) is 42.9 Å². The predicted molar refractivity (Wildman–Crippen MR) is 152 cm³/mol. The lowest BCUT2D eigenvalue weighted by molar-refractivity contribution is 0.102. The second kappa shape index (κ2) is 12.8. The van der Waals surface area contributed by atoms with Crippen molar-refractivity contribution in [3.05, 3.63) is 64.7 Å². The summed E-state index contributed by atoms with van der Waals surface area (Å²) in [7, 11) is -2.59. The molecule has 0 spiro atoms. The van der Waals surface area contributed by atoms with Gasteiger partial charge in [-0.05, 0) is 94.7 Å². The van der Waals surface area contributed by atoms with Crippen LogP contribution in [-0.4, -0.2) is 62.5 Å². The Morgan fingerprint density at radius 3 is 2.53 bits per heavy atom. The Labute approximate surface area is 232 Å². The smallest absolute Gasteiger partial charge is 0.273 e. The summed E-state index contributed by atoms with van der Waals surface area (Å²) < 4.78 is 35.9. The first kappa shape index (κ1) is 28.1. The van der Waals surface area contributed by atoms with Gasteiger partial charge < -0.3 is 19.9 Å². The number of carbonyl (C=O) groups excluding carboxylic acids is 1. The molecular weight excluding hydrogens is 570 g/mol. The minimum absolute atomic E-state index is 0.0152. The number of hydrogen-bond acceptors (Lipinski definition) is 6. The van der Waals surface area contributed by atoms with Crippen molar-refractivity contribution in [2.45, 2.75) is 43.9 Å². The lowest BCUT2D eigenvalue weighted by atomic mass is 10.2. The van der Waals surface area contributed by atoms with Crippen molar-refractivity contribution >= 4 is 43.2 Å². The van der Waals surface area contributed by atoms with Crippen LogP contribution in [0.15, 0.2) is 58.0 Å². The SMILES string of the molecule is COc1ccc(NC(=O)c2cnc(C)[nH]2)cc1S(=O)(=O)N(CCCCCN1CCCC1)c1ccc(Br)cc1. The average molecular weight is 605 g/mol. The summed E-state index contributed by atoms with van der Waals surface area (Å²) in [5.41, 5.74) is 1.19. The number of aromatic amines is 1. The number of sulfonamides is 1. The molecule has 0 radical (unpaired) electrons. The molecule has 3 aromatic rings. The number of carbonyl (C=O) groups is 1. The number of rotatable bonds is 12. The van der Waals surface area contributed by atoms with E-state index in [2.05, 4.69) is 36.1 Å². The van der Waals surface area contributed by atoms with Crippen LogP contribution in [0.25, 0.3) is 0 Å². The molecular formula is C27H34BrN5O4S. The molecule has 0 aliphatic carbocycles. The molecule has 38 heavy (non-hydrogen) atoms. The van der Waals surface area contributed by atoms with E-state index in [1.54, 1.807) is 31.2 Å². The second-order valence-electron chi connectivity index (χ2n) is 9.37. The van der Waals surface area contributed by atoms with Crippen molar-refractivity contribution in [3.63, 3.8) is 0 Å². The average Bonchev–Trinajstić information content (AvgIpc) is 3.59. The molecule has 11 heteroatoms. The topological polar surface area (TPSA) is 108 Å². The Kier molecular flexibility index (Phi) is 9.45. The van der Waals surface area contributed by atoms with Gasteiger partial charge in [0.1, 0.15) is 22.2 Å². The molecule has 2 N–H and O–H groups in total. The zero-order valence-electron chi connectivity index (χ0n) is 21.7. The molecule has 1 amide bonds. The van der Waals surface area contributed by atoms with E-state index < -0.39 is 15.9 Å². The van der Waals surface area contributed by atoms with Crippen LogP contribution in [0.1, 0.15) is 48.4 Å². The van der Waals surface area contributed by atoms with E-state index in [1.165, 1.54) is 36.5 Å². The van der Waals surface area contributed by atoms with Crippen LogP contribution in [0.4, 0.5) is 11.4 Å². The van der Waals surface area contributed by atoms with Crippen molar-refractivity contribution in [3.8, 4) is 5.75 Å². The Balaban J connectivity index is 1.56. The number of hydrogen-bond donors (Lipinski definition) is 2. The Morgan fingerprint density at radius 1 is 1.13 bits per heavy atom. The fourth-order valence-corrected chi connectivity index (χ4v) is 6.53. The van der Waals surface area contributed by atoms with E-state index in [4.69, 9.17) is 4.74 Å². The normalized spacial score (nSPS) is 14.0. The summed E-state index contributed by atoms with van der Waals surface area (Å²) in [6.07, 6.45) is 6.64. The number of unbranched alkanes of at least 4 members (excludes halogenated alkanes) is 2. The molecule has 0 saturated carbocycles. The zero-order chi connectivity index (χ0) is 27.1. The molecule has 0 bridgehead atoms. The monoisotopic (exact) mass is 603 g/mol. The van der Waals surface area contributed by atoms with E-state index in [0.29, 0.717) is 23.7 Å². The molecule has 2 heterocycles. The minimum Gasteiger partial charge on any atom is -0.495 e. The highest BCUT2D eigenvalue weighted by Gasteiger charge is 2.29. The van der Waals surface area contributed by atoms with Crippen LogP contribution in [0.2, 0.25) is 0 Å². The van der Waals surface area contributed by atoms with Gasteiger partial charge in [-0.25, -0.2) is 13.4 Å². The molecule has 4 rings (SSSR count). The molecule has 9 nitrogen and oxygen atoms in total. The van der Waals surface area contributed by atoms with Gasteiger partial charge in [-0.15, -0.1) is 0 Å². The maximum atomic E-state index is 14.1. The van der Waals surface area contributed by atoms with E-state index >= 15 is 0 Å². The van der Waals surface area contributed by atoms with Gasteiger partial charge in [0.15, 0.2) is 0 Å². The third-order valence-electron chi connectivity index (χ3n) is 6.59. The quantitative estimate of drug-likeness (QED) is 0.275. The molecule has 0 unspecified atom stereocenters. The number of aryl methyl sites for hydroxylation is 1. The molecule has 1 fully saturated rings. The summed E-state index contributed by atoms with van der Waals surface area (Å²) >= 11 is 3.43. The Morgan fingerprint density at radius 2 is 1.87 bits per heavy atom. The fourth-order valence-electron chi connectivity index (χ4n) is 4.58. The highest BCUT2D eigenvalue weighted by atomic mass is 79.9. The number of methoxy groups -OCH3 is 1. The molecule has 1 aliphatic heterocycles. The number of anilines is 2. The number of aromatic nitrogens is 2. The van der Waals surface area contributed by atoms with Crippen molar-refractivity contribution in [2.24, 2.45) is 0 Å². The number of H-pyrrole nitrogens is 1. The van der Waals surface area contributed by atoms with Gasteiger partial charge in [0, 0.05) is 16.7 Å². The van der Waals surface area contributed by atoms with E-state index in [0.717, 1.165) is 43.4 Å². The number of amides is 1. The van der Waals surface area contributed by atoms with E-state index in [1.807, 2.05) is 12.1 Å². The van der Waals surface area contributed by atoms with Gasteiger partial charge in [-0.2, -0.15) is 0 Å². The van der Waals surface area contributed by atoms with Crippen LogP contribution in [0, 0.1) is 6.92 Å². The van der Waals surface area contributed by atoms with Crippen LogP contribution < -0.4 is 14.4 Å². The van der Waals surface area contributed by atoms with Gasteiger partial charge >= 0.3 is 0 Å². The van der Waals surface area contributed by atoms with E-state index in [9.17, 15) is 13.2 Å². The number of benzene rings is 2. The summed E-state index contributed by atoms with van der Waals surface area (Å²) in [5, 5.41) is 2.75. The Bertz CT molecular complexity index is 1340. The number of nitrogens with one attached hydrogen (secondary N) is 2. The molecule has 204 valence electrons. The van der Waals surface area contributed by atoms with Gasteiger partial charge in [-0.3, -0.25) is 9.10 Å². The van der Waals surface area contributed by atoms with Gasteiger partial charge in [0.2, 0.25) is 0 Å². The summed E-state index contributed by atoms with van der Waals surface area (Å²) in [4.78, 5) is 22.0. The molecule has 1 saturated heterocycles. The first-order valence-corrected chi connectivity index (χ1v) is 15.0. The number of ether oxygens (including phenoxy) is 1. The summed E-state index contributed by atoms with van der Waals surface area (Å²) in [5.74, 6) is 0.400. The van der Waals surface area contributed by atoms with Gasteiger partial charge in [0.25, 0.3) is 15.9 Å². The van der Waals surface area contributed by atoms with Crippen LogP contribution in [0.5, 0.6) is 5.75 Å². The molecule has 2 aromatic carbocycles. The van der Waals surface area contributed by atoms with Crippen molar-refractivity contribution in [1.82, 2.24) is 14.9 Å². The van der Waals surface area contributed by atoms with Crippen LogP contribution in [-0.2, 0) is 10.0 Å². The zero-order valence-corrected chi connectivity index (χ0v) is 24.1. The van der Waals surface area contributed by atoms with Crippen molar-refractivity contribution in [1.29, 1.82) is 0 Å². The first-order valence-electron chi connectivity index (χ1n) is 12.8. The highest BCUT2D eigenvalue weighted by molar-refractivity contribution is 9.10. The van der Waals surface area contributed by atoms with Gasteiger partial charge in [-0.1, -0.05) is 22.4 Å². The number of halogens is 1. The maximum Gasteiger partial charge on any atom is 0.273 e. The standard InChI is InChI=1S/C27H34BrN5O4S/c1-20-29-19-24(30-20)27(34)31-22-10-13-25(37-2)26(18-22)38(35,36)33(23-11-8-21(28)9-12-23)17-5-3-4-14-32-15-6-7-16-32/h8-13,18-19H,3-7,14-17H2,1-2H3,(H,29,30)(H,31,34). The maximum absolute atomic E-state index is 14.1. The molecule has 0 atom stereocenters. The third kappa shape index (κ3) is 6.95. The molecule has 1 aromatic heterocycles. The number of likely N-dealkylation sites (tertiary alicyclic amines) is 1. The van der Waals surface area contributed by atoms with Gasteiger partial charge in [0.05, 0.1) is 19.0 Å². The highest BCUT2D eigenvalue weighted by Crippen LogP contribution is 2.33. The summed E-state index contributed by atoms with van der Waals surface area (Å²) in [6.45, 7) is 5.45. The third-order valence-corrected chi connectivity index (χ3v) is 8.96. The fraction of sp³-hybridized carbons (Fsp3) is 0.407. The minimum atomic E-state index is -4.02. The second-order valence-corrected chi connectivity index (χ2v) is 12.1.